The molecule has 0 N–H and O–H groups in total. The highest BCUT2D eigenvalue weighted by Crippen LogP contribution is 2.32. The number of hydrogen-bond donors (Lipinski definition) is 0. The molecular formula is C29H37N. The van der Waals surface area contributed by atoms with Crippen LogP contribution >= 0.6 is 0 Å². The minimum Gasteiger partial charge on any atom is -0.265 e. The van der Waals surface area contributed by atoms with Crippen molar-refractivity contribution in [3.8, 4) is 0 Å². The Morgan fingerprint density at radius 2 is 1.10 bits per heavy atom. The van der Waals surface area contributed by atoms with Gasteiger partial charge in [-0.05, 0) is 78.7 Å². The summed E-state index contributed by atoms with van der Waals surface area (Å²) >= 11 is 0. The zero-order valence-corrected chi connectivity index (χ0v) is 18.7. The second-order valence-electron chi connectivity index (χ2n) is 8.67. The van der Waals surface area contributed by atoms with E-state index >= 15 is 0 Å². The highest BCUT2D eigenvalue weighted by molar-refractivity contribution is 5.20. The SMILES string of the molecule is CCC(CCCC(CCCC(C)c1ccccc1)c1ccncc1)c1ccccc1. The lowest BCUT2D eigenvalue weighted by molar-refractivity contribution is 0.473. The van der Waals surface area contributed by atoms with Gasteiger partial charge in [0, 0.05) is 12.4 Å². The maximum atomic E-state index is 4.24. The van der Waals surface area contributed by atoms with Gasteiger partial charge in [0.25, 0.3) is 0 Å². The summed E-state index contributed by atoms with van der Waals surface area (Å²) in [7, 11) is 0. The maximum absolute atomic E-state index is 4.24. The van der Waals surface area contributed by atoms with Crippen molar-refractivity contribution in [2.45, 2.75) is 76.5 Å². The fourth-order valence-corrected chi connectivity index (χ4v) is 4.67. The van der Waals surface area contributed by atoms with E-state index < -0.39 is 0 Å². The second-order valence-corrected chi connectivity index (χ2v) is 8.67. The van der Waals surface area contributed by atoms with Crippen LogP contribution in [0.1, 0.15) is 93.2 Å². The molecule has 2 aromatic carbocycles. The predicted molar refractivity (Wildman–Crippen MR) is 129 cm³/mol. The summed E-state index contributed by atoms with van der Waals surface area (Å²) in [6.07, 6.45) is 12.8. The largest absolute Gasteiger partial charge is 0.265 e. The summed E-state index contributed by atoms with van der Waals surface area (Å²) in [4.78, 5) is 4.24. The molecule has 3 rings (SSSR count). The van der Waals surface area contributed by atoms with Crippen molar-refractivity contribution in [2.24, 2.45) is 0 Å². The first-order chi connectivity index (χ1) is 14.8. The first kappa shape index (κ1) is 22.3. The predicted octanol–water partition coefficient (Wildman–Crippen LogP) is 8.50. The van der Waals surface area contributed by atoms with Crippen molar-refractivity contribution < 1.29 is 0 Å². The highest BCUT2D eigenvalue weighted by atomic mass is 14.6. The molecule has 0 spiro atoms. The lowest BCUT2D eigenvalue weighted by Crippen LogP contribution is -2.03. The van der Waals surface area contributed by atoms with E-state index in [9.17, 15) is 0 Å². The van der Waals surface area contributed by atoms with Gasteiger partial charge in [-0.25, -0.2) is 0 Å². The van der Waals surface area contributed by atoms with Crippen molar-refractivity contribution >= 4 is 0 Å². The average Bonchev–Trinajstić information content (AvgIpc) is 2.82. The van der Waals surface area contributed by atoms with Crippen LogP contribution in [-0.4, -0.2) is 4.98 Å². The van der Waals surface area contributed by atoms with Crippen LogP contribution in [0, 0.1) is 0 Å². The zero-order valence-electron chi connectivity index (χ0n) is 18.7. The average molecular weight is 400 g/mol. The first-order valence-corrected chi connectivity index (χ1v) is 11.8. The van der Waals surface area contributed by atoms with Gasteiger partial charge in [-0.15, -0.1) is 0 Å². The minimum atomic E-state index is 0.631. The van der Waals surface area contributed by atoms with E-state index in [0.29, 0.717) is 17.8 Å². The van der Waals surface area contributed by atoms with Gasteiger partial charge < -0.3 is 0 Å². The van der Waals surface area contributed by atoms with Gasteiger partial charge >= 0.3 is 0 Å². The van der Waals surface area contributed by atoms with Crippen molar-refractivity contribution in [2.75, 3.05) is 0 Å². The molecular weight excluding hydrogens is 362 g/mol. The summed E-state index contributed by atoms with van der Waals surface area (Å²) < 4.78 is 0. The number of rotatable bonds is 12. The Labute approximate surface area is 183 Å². The standard InChI is InChI=1S/C29H37N/c1-3-25(27-15-8-5-9-16-27)17-11-19-28(29-20-22-30-23-21-29)18-10-12-24(2)26-13-6-4-7-14-26/h4-9,13-16,20-25,28H,3,10-12,17-19H2,1-2H3. The molecule has 0 bridgehead atoms. The summed E-state index contributed by atoms with van der Waals surface area (Å²) in [6, 6.07) is 26.4. The van der Waals surface area contributed by atoms with Gasteiger partial charge in [-0.3, -0.25) is 4.98 Å². The molecule has 0 aliphatic rings. The van der Waals surface area contributed by atoms with E-state index in [1.165, 1.54) is 61.6 Å². The summed E-state index contributed by atoms with van der Waals surface area (Å²) in [5, 5.41) is 0. The van der Waals surface area contributed by atoms with Crippen LogP contribution in [0.5, 0.6) is 0 Å². The Bertz CT molecular complexity index is 813. The molecule has 0 saturated heterocycles. The summed E-state index contributed by atoms with van der Waals surface area (Å²) in [5.74, 6) is 1.96. The molecule has 0 amide bonds. The molecule has 0 aliphatic carbocycles. The fraction of sp³-hybridized carbons (Fsp3) is 0.414. The van der Waals surface area contributed by atoms with Crippen molar-refractivity contribution in [1.29, 1.82) is 0 Å². The fourth-order valence-electron chi connectivity index (χ4n) is 4.67. The molecule has 0 saturated carbocycles. The van der Waals surface area contributed by atoms with Crippen LogP contribution in [0.2, 0.25) is 0 Å². The normalized spacial score (nSPS) is 14.2. The molecule has 30 heavy (non-hydrogen) atoms. The Morgan fingerprint density at radius 3 is 1.70 bits per heavy atom. The second kappa shape index (κ2) is 12.3. The van der Waals surface area contributed by atoms with E-state index in [1.54, 1.807) is 0 Å². The molecule has 0 fully saturated rings. The maximum Gasteiger partial charge on any atom is 0.0270 e. The van der Waals surface area contributed by atoms with Gasteiger partial charge in [-0.2, -0.15) is 0 Å². The van der Waals surface area contributed by atoms with E-state index in [2.05, 4.69) is 91.6 Å². The number of benzene rings is 2. The quantitative estimate of drug-likeness (QED) is 0.297. The molecule has 1 aromatic heterocycles. The molecule has 3 atom stereocenters. The van der Waals surface area contributed by atoms with Crippen molar-refractivity contribution in [3.05, 3.63) is 102 Å². The van der Waals surface area contributed by atoms with Crippen LogP contribution in [-0.2, 0) is 0 Å². The minimum absolute atomic E-state index is 0.631. The van der Waals surface area contributed by atoms with Gasteiger partial charge in [-0.1, -0.05) is 87.4 Å². The number of pyridine rings is 1. The molecule has 3 aromatic rings. The molecule has 1 heteroatoms. The van der Waals surface area contributed by atoms with E-state index in [4.69, 9.17) is 0 Å². The third-order valence-corrected chi connectivity index (χ3v) is 6.60. The topological polar surface area (TPSA) is 12.9 Å². The van der Waals surface area contributed by atoms with E-state index in [0.717, 1.165) is 0 Å². The van der Waals surface area contributed by atoms with Crippen LogP contribution in [0.25, 0.3) is 0 Å². The number of nitrogens with zero attached hydrogens (tertiary/aromatic N) is 1. The molecule has 3 unspecified atom stereocenters. The van der Waals surface area contributed by atoms with Crippen LogP contribution < -0.4 is 0 Å². The summed E-state index contributed by atoms with van der Waals surface area (Å²) in [6.45, 7) is 4.69. The Morgan fingerprint density at radius 1 is 0.600 bits per heavy atom. The van der Waals surface area contributed by atoms with Gasteiger partial charge in [0.1, 0.15) is 0 Å². The summed E-state index contributed by atoms with van der Waals surface area (Å²) in [5.41, 5.74) is 4.42. The molecule has 1 heterocycles. The van der Waals surface area contributed by atoms with Crippen molar-refractivity contribution in [1.82, 2.24) is 4.98 Å². The van der Waals surface area contributed by atoms with Crippen molar-refractivity contribution in [3.63, 3.8) is 0 Å². The number of aromatic nitrogens is 1. The lowest BCUT2D eigenvalue weighted by Gasteiger charge is -2.21. The van der Waals surface area contributed by atoms with Crippen LogP contribution in [0.3, 0.4) is 0 Å². The van der Waals surface area contributed by atoms with Gasteiger partial charge in [0.15, 0.2) is 0 Å². The molecule has 1 nitrogen and oxygen atoms in total. The van der Waals surface area contributed by atoms with E-state index in [1.807, 2.05) is 12.4 Å². The Hall–Kier alpha value is -2.41. The van der Waals surface area contributed by atoms with Gasteiger partial charge in [0.05, 0.1) is 0 Å². The lowest BCUT2D eigenvalue weighted by atomic mass is 9.84. The third-order valence-electron chi connectivity index (χ3n) is 6.60. The monoisotopic (exact) mass is 399 g/mol. The Kier molecular flexibility index (Phi) is 9.15. The first-order valence-electron chi connectivity index (χ1n) is 11.8. The van der Waals surface area contributed by atoms with Crippen LogP contribution in [0.15, 0.2) is 85.2 Å². The molecule has 0 aliphatic heterocycles. The van der Waals surface area contributed by atoms with E-state index in [-0.39, 0.29) is 0 Å². The number of hydrogen-bond acceptors (Lipinski definition) is 1. The zero-order chi connectivity index (χ0) is 21.0. The molecule has 0 radical (unpaired) electrons. The smallest absolute Gasteiger partial charge is 0.0270 e. The molecule has 158 valence electrons. The van der Waals surface area contributed by atoms with Crippen LogP contribution in [0.4, 0.5) is 0 Å². The third kappa shape index (κ3) is 6.83. The highest BCUT2D eigenvalue weighted by Gasteiger charge is 2.15. The Balaban J connectivity index is 1.54. The van der Waals surface area contributed by atoms with Gasteiger partial charge in [0.2, 0.25) is 0 Å².